The molecule has 2 aliphatic carbocycles. The van der Waals surface area contributed by atoms with Crippen molar-refractivity contribution < 1.29 is 4.74 Å². The minimum absolute atomic E-state index is 0.0401. The van der Waals surface area contributed by atoms with Crippen molar-refractivity contribution in [2.75, 3.05) is 0 Å². The molecule has 0 unspecified atom stereocenters. The van der Waals surface area contributed by atoms with E-state index in [9.17, 15) is 0 Å². The average molecular weight is 915 g/mol. The van der Waals surface area contributed by atoms with E-state index in [1.807, 2.05) is 0 Å². The van der Waals surface area contributed by atoms with Crippen molar-refractivity contribution in [2.24, 2.45) is 0 Å². The molecule has 71 heavy (non-hydrogen) atoms. The predicted octanol–water partition coefficient (Wildman–Crippen LogP) is 15.1. The van der Waals surface area contributed by atoms with Crippen LogP contribution in [0.4, 0.5) is 0 Å². The number of hydrogen-bond donors (Lipinski definition) is 0. The summed E-state index contributed by atoms with van der Waals surface area (Å²) in [7, 11) is 0. The van der Waals surface area contributed by atoms with Crippen molar-refractivity contribution in [3.8, 4) is 45.1 Å². The van der Waals surface area contributed by atoms with Crippen LogP contribution in [0.5, 0.6) is 11.5 Å². The van der Waals surface area contributed by atoms with E-state index in [2.05, 4.69) is 241 Å². The lowest BCUT2D eigenvalue weighted by molar-refractivity contribution is 0.482. The maximum absolute atomic E-state index is 7.54. The molecule has 0 fully saturated rings. The van der Waals surface area contributed by atoms with Gasteiger partial charge in [0.25, 0.3) is 6.71 Å². The zero-order valence-corrected chi connectivity index (χ0v) is 42.0. The predicted molar refractivity (Wildman–Crippen MR) is 299 cm³/mol. The van der Waals surface area contributed by atoms with E-state index in [4.69, 9.17) is 4.74 Å². The molecular weight excluding hydrogens is 860 g/mol. The van der Waals surface area contributed by atoms with Crippen LogP contribution in [0.2, 0.25) is 0 Å². The zero-order chi connectivity index (χ0) is 48.2. The summed E-state index contributed by atoms with van der Waals surface area (Å²) in [5.41, 5.74) is 25.0. The van der Waals surface area contributed by atoms with E-state index in [1.54, 1.807) is 0 Å². The van der Waals surface area contributed by atoms with Crippen molar-refractivity contribution in [3.05, 3.63) is 209 Å². The summed E-state index contributed by atoms with van der Waals surface area (Å²) in [5.74, 6) is 1.90. The molecule has 0 saturated carbocycles. The van der Waals surface area contributed by atoms with Crippen molar-refractivity contribution in [2.45, 2.75) is 84.0 Å². The molecule has 0 saturated heterocycles. The Morgan fingerprint density at radius 1 is 0.408 bits per heavy atom. The SMILES string of the molecule is CC(C)(C)c1cc(-n2c3ccccc3c3cc4c5c(c6ccccc6n5-c5cc(C(C)(C)C)cc6c5B4c4cc5c(cc4O6)C4(c6ccccc6-c6ccccc64)c4ccccc4-5)c32)cc(C(C)(C)C)c1. The van der Waals surface area contributed by atoms with Gasteiger partial charge in [-0.05, 0) is 136 Å². The average Bonchev–Trinajstić information content (AvgIpc) is 4.07. The Morgan fingerprint density at radius 3 is 1.54 bits per heavy atom. The van der Waals surface area contributed by atoms with Gasteiger partial charge in [0.15, 0.2) is 0 Å². The Bertz CT molecular complexity index is 4140. The molecule has 0 bridgehead atoms. The number of fused-ring (bicyclic) bond motifs is 21. The Hall–Kier alpha value is -7.56. The first-order chi connectivity index (χ1) is 34.1. The Morgan fingerprint density at radius 2 is 0.930 bits per heavy atom. The second-order valence-electron chi connectivity index (χ2n) is 24.1. The Labute approximate surface area is 416 Å². The van der Waals surface area contributed by atoms with Crippen molar-refractivity contribution >= 4 is 66.7 Å². The van der Waals surface area contributed by atoms with Gasteiger partial charge in [0, 0.05) is 32.9 Å². The summed E-state index contributed by atoms with van der Waals surface area (Å²) < 4.78 is 12.8. The lowest BCUT2D eigenvalue weighted by Crippen LogP contribution is -2.58. The monoisotopic (exact) mass is 914 g/mol. The second kappa shape index (κ2) is 13.4. The summed E-state index contributed by atoms with van der Waals surface area (Å²) in [6.45, 7) is 21.0. The number of para-hydroxylation sites is 2. The smallest absolute Gasteiger partial charge is 0.256 e. The van der Waals surface area contributed by atoms with E-state index < -0.39 is 5.41 Å². The first-order valence-corrected chi connectivity index (χ1v) is 25.6. The van der Waals surface area contributed by atoms with Gasteiger partial charge in [0.1, 0.15) is 11.5 Å². The van der Waals surface area contributed by atoms with Crippen molar-refractivity contribution in [1.29, 1.82) is 0 Å². The molecule has 9 aromatic carbocycles. The van der Waals surface area contributed by atoms with Crippen LogP contribution in [0.15, 0.2) is 170 Å². The third kappa shape index (κ3) is 5.20. The molecular formula is C67H55BN2O. The molecule has 3 nitrogen and oxygen atoms in total. The molecule has 0 N–H and O–H groups in total. The molecule has 4 heteroatoms. The van der Waals surface area contributed by atoms with Crippen LogP contribution in [0, 0.1) is 0 Å². The molecule has 1 spiro atoms. The highest BCUT2D eigenvalue weighted by atomic mass is 16.5. The van der Waals surface area contributed by atoms with Gasteiger partial charge < -0.3 is 13.9 Å². The normalized spacial score (nSPS) is 14.7. The van der Waals surface area contributed by atoms with Gasteiger partial charge in [-0.1, -0.05) is 190 Å². The fourth-order valence-corrected chi connectivity index (χ4v) is 13.6. The van der Waals surface area contributed by atoms with Crippen LogP contribution >= 0.6 is 0 Å². The molecule has 2 aliphatic heterocycles. The van der Waals surface area contributed by atoms with E-state index >= 15 is 0 Å². The fraction of sp³-hybridized carbons (Fsp3) is 0.194. The van der Waals surface area contributed by atoms with E-state index in [1.165, 1.54) is 133 Å². The summed E-state index contributed by atoms with van der Waals surface area (Å²) in [5, 5.41) is 5.10. The van der Waals surface area contributed by atoms with Gasteiger partial charge in [-0.2, -0.15) is 0 Å². The maximum atomic E-state index is 7.54. The maximum Gasteiger partial charge on any atom is 0.256 e. The van der Waals surface area contributed by atoms with Crippen LogP contribution in [0.1, 0.15) is 101 Å². The molecule has 15 rings (SSSR count). The van der Waals surface area contributed by atoms with Crippen LogP contribution < -0.4 is 21.1 Å². The van der Waals surface area contributed by atoms with E-state index in [0.29, 0.717) is 0 Å². The summed E-state index contributed by atoms with van der Waals surface area (Å²) >= 11 is 0. The number of ether oxygens (including phenoxy) is 1. The van der Waals surface area contributed by atoms with Gasteiger partial charge in [-0.3, -0.25) is 0 Å². The minimum atomic E-state index is -0.472. The third-order valence-corrected chi connectivity index (χ3v) is 17.0. The summed E-state index contributed by atoms with van der Waals surface area (Å²) in [4.78, 5) is 0. The number of hydrogen-bond acceptors (Lipinski definition) is 1. The lowest BCUT2D eigenvalue weighted by Gasteiger charge is -2.36. The molecule has 0 atom stereocenters. The molecule has 0 amide bonds. The highest BCUT2D eigenvalue weighted by Crippen LogP contribution is 2.63. The number of nitrogens with zero attached hydrogens (tertiary/aromatic N) is 2. The van der Waals surface area contributed by atoms with Gasteiger partial charge in [0.2, 0.25) is 0 Å². The molecule has 4 aliphatic rings. The lowest BCUT2D eigenvalue weighted by atomic mass is 9.34. The van der Waals surface area contributed by atoms with E-state index in [-0.39, 0.29) is 23.0 Å². The van der Waals surface area contributed by atoms with Crippen LogP contribution in [-0.4, -0.2) is 15.8 Å². The van der Waals surface area contributed by atoms with Crippen molar-refractivity contribution in [3.63, 3.8) is 0 Å². The Balaban J connectivity index is 1.10. The standard InChI is InChI=1S/C67H55BN2O/c1-64(2,3)38-30-39(65(4,5)6)32-41(31-38)69-55-28-18-13-23-45(55)48-36-54-63-60(62(48)69)46-24-14-19-29-56(46)70(63)57-33-40(66(7,8)9)34-59-61(57)68(54)53-35-47-44-22-12-17-27-51(44)67(52(47)37-58(53)71-59)49-25-15-10-20-42(49)43-21-11-16-26-50(43)67/h10-37H,1-9H3. The highest BCUT2D eigenvalue weighted by molar-refractivity contribution is 6.99. The van der Waals surface area contributed by atoms with Crippen LogP contribution in [0.3, 0.4) is 0 Å². The first-order valence-electron chi connectivity index (χ1n) is 25.6. The largest absolute Gasteiger partial charge is 0.458 e. The van der Waals surface area contributed by atoms with Gasteiger partial charge >= 0.3 is 0 Å². The molecule has 11 aromatic rings. The van der Waals surface area contributed by atoms with E-state index in [0.717, 1.165) is 11.5 Å². The number of benzene rings is 9. The fourth-order valence-electron chi connectivity index (χ4n) is 13.6. The quantitative estimate of drug-likeness (QED) is 0.150. The van der Waals surface area contributed by atoms with Gasteiger partial charge in [-0.15, -0.1) is 0 Å². The molecule has 342 valence electrons. The zero-order valence-electron chi connectivity index (χ0n) is 42.0. The molecule has 2 aromatic heterocycles. The first kappa shape index (κ1) is 41.2. The molecule has 0 radical (unpaired) electrons. The summed E-state index contributed by atoms with van der Waals surface area (Å²) in [6, 6.07) is 65.4. The van der Waals surface area contributed by atoms with Gasteiger partial charge in [0.05, 0.1) is 27.5 Å². The third-order valence-electron chi connectivity index (χ3n) is 17.0. The number of aromatic nitrogens is 2. The minimum Gasteiger partial charge on any atom is -0.458 e. The summed E-state index contributed by atoms with van der Waals surface area (Å²) in [6.07, 6.45) is 0. The molecule has 4 heterocycles. The highest BCUT2D eigenvalue weighted by Gasteiger charge is 2.53. The van der Waals surface area contributed by atoms with Gasteiger partial charge in [-0.25, -0.2) is 0 Å². The number of rotatable bonds is 1. The topological polar surface area (TPSA) is 19.1 Å². The second-order valence-corrected chi connectivity index (χ2v) is 24.1. The van der Waals surface area contributed by atoms with Crippen molar-refractivity contribution in [1.82, 2.24) is 9.13 Å². The van der Waals surface area contributed by atoms with Crippen LogP contribution in [0.25, 0.3) is 77.2 Å². The Kier molecular flexibility index (Phi) is 7.81. The van der Waals surface area contributed by atoms with Crippen LogP contribution in [-0.2, 0) is 21.7 Å².